The number of unbranched alkanes of at least 4 members (excludes halogenated alkanes) is 27. The van der Waals surface area contributed by atoms with Gasteiger partial charge in [0, 0.05) is 16.7 Å². The first kappa shape index (κ1) is 52.5. The summed E-state index contributed by atoms with van der Waals surface area (Å²) in [6.45, 7) is 20.2. The Kier molecular flexibility index (Phi) is 27.1. The minimum Gasteiger partial charge on any atom is -0.237 e. The van der Waals surface area contributed by atoms with Crippen molar-refractivity contribution in [1.82, 2.24) is 13.7 Å². The van der Waals surface area contributed by atoms with Crippen LogP contribution in [0.2, 0.25) is 0 Å². The average molecular weight is 868 g/mol. The molecular weight excluding hydrogens is 769 g/mol. The van der Waals surface area contributed by atoms with Crippen LogP contribution in [0, 0.1) is 20.8 Å². The summed E-state index contributed by atoms with van der Waals surface area (Å²) < 4.78 is 14.6. The van der Waals surface area contributed by atoms with Crippen LogP contribution in [0.5, 0.6) is 0 Å². The van der Waals surface area contributed by atoms with Gasteiger partial charge in [0.05, 0.1) is 19.6 Å². The molecule has 0 unspecified atom stereocenters. The first-order valence-corrected chi connectivity index (χ1v) is 27.2. The molecule has 0 saturated carbocycles. The number of hydrogen-bond acceptors (Lipinski definition) is 0. The molecule has 354 valence electrons. The van der Waals surface area contributed by atoms with E-state index in [1.165, 1.54) is 226 Å². The Morgan fingerprint density at radius 2 is 0.508 bits per heavy atom. The summed E-state index contributed by atoms with van der Waals surface area (Å²) in [5.74, 6) is 0. The van der Waals surface area contributed by atoms with Crippen molar-refractivity contribution in [3.05, 3.63) is 89.5 Å². The number of aryl methyl sites for hydroxylation is 3. The minimum absolute atomic E-state index is 0.914. The third-order valence-corrected chi connectivity index (χ3v) is 14.3. The topological polar surface area (TPSA) is 26.4 Å². The second kappa shape index (κ2) is 32.5. The van der Waals surface area contributed by atoms with E-state index < -0.39 is 0 Å². The quantitative estimate of drug-likeness (QED) is 0.0316. The lowest BCUT2D eigenvalue weighted by Crippen LogP contribution is -2.37. The van der Waals surface area contributed by atoms with Crippen LogP contribution >= 0.6 is 0 Å². The summed E-state index contributed by atoms with van der Waals surface area (Å²) >= 11 is 0. The summed E-state index contributed by atoms with van der Waals surface area (Å²) in [4.78, 5) is 0. The molecule has 0 aliphatic carbocycles. The van der Waals surface area contributed by atoms with E-state index in [0.717, 1.165) is 39.3 Å². The predicted molar refractivity (Wildman–Crippen MR) is 267 cm³/mol. The zero-order valence-electron chi connectivity index (χ0n) is 42.3. The van der Waals surface area contributed by atoms with Crippen LogP contribution in [-0.4, -0.2) is 13.7 Å². The molecule has 6 nitrogen and oxygen atoms in total. The molecule has 0 bridgehead atoms. The Labute approximate surface area is 388 Å². The molecular formula is C57H99N6+3. The fourth-order valence-corrected chi connectivity index (χ4v) is 9.99. The molecule has 4 aromatic rings. The van der Waals surface area contributed by atoms with Gasteiger partial charge >= 0.3 is 0 Å². The van der Waals surface area contributed by atoms with Gasteiger partial charge in [-0.2, -0.15) is 0 Å². The maximum atomic E-state index is 2.43. The van der Waals surface area contributed by atoms with Gasteiger partial charge in [-0.1, -0.05) is 175 Å². The standard InChI is InChI=1S/C57H99N6/c1-7-10-13-16-19-22-25-28-31-34-37-58-40-43-61(49-58)46-55-52(4)56(47-62-44-41-59(50-62)38-35-32-29-26-23-20-17-14-11-8-2)54(6)57(53(55)5)48-63-45-42-60(51-63)39-36-33-30-27-24-21-18-15-12-9-3/h40-45,49-51H,7-39,46-48H2,1-6H3/q+3. The van der Waals surface area contributed by atoms with E-state index in [0.29, 0.717) is 0 Å². The fourth-order valence-electron chi connectivity index (χ4n) is 9.99. The molecule has 0 aliphatic rings. The lowest BCUT2D eigenvalue weighted by Gasteiger charge is -2.20. The summed E-state index contributed by atoms with van der Waals surface area (Å²) in [5, 5.41) is 0. The Bertz CT molecular complexity index is 1520. The molecule has 0 N–H and O–H groups in total. The minimum atomic E-state index is 0.914. The Morgan fingerprint density at radius 1 is 0.302 bits per heavy atom. The normalized spacial score (nSPS) is 11.7. The van der Waals surface area contributed by atoms with Gasteiger partial charge in [-0.3, -0.25) is 0 Å². The second-order valence-corrected chi connectivity index (χ2v) is 19.8. The number of rotatable bonds is 39. The highest BCUT2D eigenvalue weighted by Gasteiger charge is 2.22. The van der Waals surface area contributed by atoms with Crippen molar-refractivity contribution >= 4 is 0 Å². The molecule has 1 aromatic carbocycles. The van der Waals surface area contributed by atoms with E-state index in [4.69, 9.17) is 0 Å². The van der Waals surface area contributed by atoms with Gasteiger partial charge in [0.15, 0.2) is 0 Å². The van der Waals surface area contributed by atoms with Crippen LogP contribution in [0.15, 0.2) is 56.2 Å². The van der Waals surface area contributed by atoms with Gasteiger partial charge in [-0.25, -0.2) is 27.4 Å². The molecule has 63 heavy (non-hydrogen) atoms. The first-order chi connectivity index (χ1) is 30.9. The summed E-state index contributed by atoms with van der Waals surface area (Å²) in [5.41, 5.74) is 8.85. The summed E-state index contributed by atoms with van der Waals surface area (Å²) in [6, 6.07) is 0. The molecule has 3 heterocycles. The van der Waals surface area contributed by atoms with E-state index in [2.05, 4.69) is 125 Å². The van der Waals surface area contributed by atoms with Crippen molar-refractivity contribution in [2.24, 2.45) is 0 Å². The molecule has 0 spiro atoms. The molecule has 0 fully saturated rings. The first-order valence-electron chi connectivity index (χ1n) is 27.2. The molecule has 3 aromatic heterocycles. The highest BCUT2D eigenvalue weighted by Crippen LogP contribution is 2.28. The molecule has 4 rings (SSSR count). The van der Waals surface area contributed by atoms with Gasteiger partial charge in [0.1, 0.15) is 56.8 Å². The number of hydrogen-bond donors (Lipinski definition) is 0. The summed E-state index contributed by atoms with van der Waals surface area (Å²) in [7, 11) is 0. The van der Waals surface area contributed by atoms with Gasteiger partial charge in [0.25, 0.3) is 0 Å². The van der Waals surface area contributed by atoms with Crippen molar-refractivity contribution in [3.63, 3.8) is 0 Å². The number of imidazole rings is 3. The van der Waals surface area contributed by atoms with E-state index in [-0.39, 0.29) is 0 Å². The number of aromatic nitrogens is 6. The van der Waals surface area contributed by atoms with Crippen molar-refractivity contribution < 1.29 is 13.7 Å². The molecule has 0 atom stereocenters. The lowest BCUT2D eigenvalue weighted by atomic mass is 9.87. The van der Waals surface area contributed by atoms with E-state index >= 15 is 0 Å². The maximum Gasteiger partial charge on any atom is 0.244 e. The zero-order valence-corrected chi connectivity index (χ0v) is 42.3. The van der Waals surface area contributed by atoms with E-state index in [1.807, 2.05) is 0 Å². The van der Waals surface area contributed by atoms with Gasteiger partial charge in [0.2, 0.25) is 19.0 Å². The molecule has 0 radical (unpaired) electrons. The molecule has 6 heteroatoms. The van der Waals surface area contributed by atoms with Crippen LogP contribution in [0.25, 0.3) is 0 Å². The monoisotopic (exact) mass is 868 g/mol. The van der Waals surface area contributed by atoms with Gasteiger partial charge in [-0.05, 0) is 76.0 Å². The molecule has 0 amide bonds. The van der Waals surface area contributed by atoms with Crippen molar-refractivity contribution in [1.29, 1.82) is 0 Å². The van der Waals surface area contributed by atoms with Crippen LogP contribution in [0.3, 0.4) is 0 Å². The van der Waals surface area contributed by atoms with E-state index in [1.54, 1.807) is 0 Å². The fraction of sp³-hybridized carbons (Fsp3) is 0.737. The van der Waals surface area contributed by atoms with E-state index in [9.17, 15) is 0 Å². The Hall–Kier alpha value is -3.15. The molecule has 0 aliphatic heterocycles. The van der Waals surface area contributed by atoms with Gasteiger partial charge in [-0.15, -0.1) is 0 Å². The van der Waals surface area contributed by atoms with Crippen molar-refractivity contribution in [2.45, 2.75) is 273 Å². The average Bonchev–Trinajstić information content (AvgIpc) is 4.06. The van der Waals surface area contributed by atoms with Crippen molar-refractivity contribution in [2.75, 3.05) is 0 Å². The third kappa shape index (κ3) is 20.7. The lowest BCUT2D eigenvalue weighted by molar-refractivity contribution is -0.690. The largest absolute Gasteiger partial charge is 0.244 e. The van der Waals surface area contributed by atoms with Crippen LogP contribution < -0.4 is 13.7 Å². The second-order valence-electron chi connectivity index (χ2n) is 19.8. The molecule has 0 saturated heterocycles. The zero-order chi connectivity index (χ0) is 44.7. The predicted octanol–water partition coefficient (Wildman–Crippen LogP) is 14.8. The highest BCUT2D eigenvalue weighted by molar-refractivity contribution is 5.50. The number of benzene rings is 1. The van der Waals surface area contributed by atoms with Crippen LogP contribution in [0.1, 0.15) is 247 Å². The third-order valence-electron chi connectivity index (χ3n) is 14.3. The number of nitrogens with zero attached hydrogens (tertiary/aromatic N) is 6. The summed E-state index contributed by atoms with van der Waals surface area (Å²) in [6.07, 6.45) is 62.4. The van der Waals surface area contributed by atoms with Gasteiger partial charge < -0.3 is 0 Å². The van der Waals surface area contributed by atoms with Crippen LogP contribution in [-0.2, 0) is 39.3 Å². The Morgan fingerprint density at radius 3 is 0.730 bits per heavy atom. The van der Waals surface area contributed by atoms with Crippen molar-refractivity contribution in [3.8, 4) is 0 Å². The highest BCUT2D eigenvalue weighted by atomic mass is 15.1. The Balaban J connectivity index is 1.37. The SMILES string of the molecule is CCCCCCCCCCCCn1cc[n+](Cc2c(C)c(C[n+]3ccn(CCCCCCCCCCCC)c3)c(C)c(C[n+]3ccn(CCCCCCCCCCCC)c3)c2C)c1. The maximum absolute atomic E-state index is 2.43. The smallest absolute Gasteiger partial charge is 0.237 e. The van der Waals surface area contributed by atoms with Crippen LogP contribution in [0.4, 0.5) is 0 Å².